The minimum Gasteiger partial charge on any atom is -0.380 e. The molecule has 4 saturated carbocycles. The van der Waals surface area contributed by atoms with E-state index in [2.05, 4.69) is 17.6 Å². The standard InChI is InChI=1S/C77H127ClN12O14/c1-18-26-56-67(94)80-65(49(5)19-2)73(100)83(11)45-64(93)85(13)57-29-22-21-25-38-89(72(57)99)59(39-50-32-30-48(4)31-33-50)70(97)82(10)44-62(91)79-55(37-35-51-34-36-54(78)61(40-51)103-17)68(95)90-43-53(104-20-3)41-60(90)71(98)88(16)77(46-76(6,7)47-77)75(102)87(15)66(52-27-23-24-28-52)74(101)86(14)58(69(96)81(8)9)42-63(92)84(56)12/h21-22,48-61,65-66H,18-20,23-47H2,1-17H3,(H,79,91)(H,80,94)/b22-21-/t48?,49-,50?,51?,53+,54?,55-,56-,57-,58-,59-,60-,61?,65-,66-/m0/s1. The van der Waals surface area contributed by atoms with Crippen LogP contribution in [0.1, 0.15) is 196 Å². The fourth-order valence-corrected chi connectivity index (χ4v) is 18.1. The topological polar surface area (TPSA) is 280 Å². The van der Waals surface area contributed by atoms with E-state index in [-0.39, 0.29) is 87.5 Å². The Labute approximate surface area is 624 Å². The lowest BCUT2D eigenvalue weighted by atomic mass is 9.57. The van der Waals surface area contributed by atoms with Crippen molar-refractivity contribution in [2.45, 2.75) is 268 Å². The van der Waals surface area contributed by atoms with Crippen molar-refractivity contribution in [2.75, 3.05) is 103 Å². The second kappa shape index (κ2) is 37.4. The smallest absolute Gasteiger partial charge is 0.249 e. The van der Waals surface area contributed by atoms with Crippen molar-refractivity contribution in [2.24, 2.45) is 35.0 Å². The maximum absolute atomic E-state index is 16.0. The molecule has 104 heavy (non-hydrogen) atoms. The molecule has 0 radical (unpaired) electrons. The van der Waals surface area contributed by atoms with Gasteiger partial charge in [0.1, 0.15) is 53.9 Å². The number of carbonyl (C=O) groups excluding carboxylic acids is 12. The molecule has 3 unspecified atom stereocenters. The second-order valence-corrected chi connectivity index (χ2v) is 33.3. The van der Waals surface area contributed by atoms with Crippen molar-refractivity contribution in [3.8, 4) is 0 Å². The number of methoxy groups -OCH3 is 1. The number of nitrogens with zero attached hydrogens (tertiary/aromatic N) is 10. The summed E-state index contributed by atoms with van der Waals surface area (Å²) in [6.45, 7) is 12.9. The lowest BCUT2D eigenvalue weighted by molar-refractivity contribution is -0.174. The highest BCUT2D eigenvalue weighted by Gasteiger charge is 2.62. The van der Waals surface area contributed by atoms with Gasteiger partial charge in [0.25, 0.3) is 0 Å². The summed E-state index contributed by atoms with van der Waals surface area (Å²) >= 11 is 6.73. The summed E-state index contributed by atoms with van der Waals surface area (Å²) in [4.78, 5) is 197. The number of likely N-dealkylation sites (N-methyl/N-ethyl adjacent to an activating group) is 8. The first-order chi connectivity index (χ1) is 49.1. The van der Waals surface area contributed by atoms with Crippen LogP contribution in [-0.4, -0.2) is 295 Å². The summed E-state index contributed by atoms with van der Waals surface area (Å²) in [7, 11) is 15.1. The number of rotatable bonds is 14. The van der Waals surface area contributed by atoms with E-state index in [1.807, 2.05) is 46.8 Å². The number of fused-ring (bicyclic) bond motifs is 3. The molecular weight excluding hydrogens is 1350 g/mol. The van der Waals surface area contributed by atoms with Crippen LogP contribution in [-0.2, 0) is 67.0 Å². The molecule has 7 aliphatic rings. The van der Waals surface area contributed by atoms with Crippen LogP contribution >= 0.6 is 11.6 Å². The predicted octanol–water partition coefficient (Wildman–Crippen LogP) is 5.70. The van der Waals surface area contributed by atoms with Crippen molar-refractivity contribution in [1.29, 1.82) is 0 Å². The van der Waals surface area contributed by atoms with Crippen LogP contribution in [0.15, 0.2) is 12.2 Å². The van der Waals surface area contributed by atoms with Gasteiger partial charge in [0.15, 0.2) is 0 Å². The van der Waals surface area contributed by atoms with Crippen LogP contribution in [0.25, 0.3) is 0 Å². The first kappa shape index (κ1) is 84.8. The van der Waals surface area contributed by atoms with Gasteiger partial charge in [-0.15, -0.1) is 11.6 Å². The molecule has 2 bridgehead atoms. The Morgan fingerprint density at radius 1 is 0.673 bits per heavy atom. The SMILES string of the molecule is CCC[C@H]1C(=O)N[C@@H]([C@@H](C)CC)C(=O)N(C)CC(=O)N(C)[C@H]2C/C=C\CCN(C2=O)[C@@H](CC2CCC(C)CC2)C(=O)N(C)CC(=O)N[C@@H](CCC2CCC(Cl)C(OC)C2)C(=O)N2C[C@H](OCC)C[C@H]2C(=O)N(C)C2(CC(C)(C)C2)C(=O)N(C)[C@@H](C2CCCC2)C(=O)N(C)[C@H](C(=O)N(C)C)CC(=O)N1C. The van der Waals surface area contributed by atoms with Gasteiger partial charge in [-0.1, -0.05) is 105 Å². The Balaban J connectivity index is 1.34. The van der Waals surface area contributed by atoms with Crippen LogP contribution in [0.2, 0.25) is 0 Å². The van der Waals surface area contributed by atoms with Gasteiger partial charge in [-0.05, 0) is 125 Å². The van der Waals surface area contributed by atoms with Gasteiger partial charge < -0.3 is 69.1 Å². The molecule has 0 aromatic rings. The van der Waals surface area contributed by atoms with Crippen molar-refractivity contribution >= 4 is 82.5 Å². The lowest BCUT2D eigenvalue weighted by Gasteiger charge is -2.58. The molecule has 27 heteroatoms. The minimum absolute atomic E-state index is 0.0186. The maximum atomic E-state index is 16.0. The second-order valence-electron chi connectivity index (χ2n) is 32.7. The van der Waals surface area contributed by atoms with Crippen molar-refractivity contribution < 1.29 is 67.0 Å². The Kier molecular flexibility index (Phi) is 30.5. The average Bonchev–Trinajstić information content (AvgIpc) is 0.750. The van der Waals surface area contributed by atoms with Gasteiger partial charge in [0, 0.05) is 96.7 Å². The number of carbonyl (C=O) groups is 12. The molecule has 12 amide bonds. The monoisotopic (exact) mass is 1480 g/mol. The van der Waals surface area contributed by atoms with Gasteiger partial charge in [-0.25, -0.2) is 0 Å². The van der Waals surface area contributed by atoms with Crippen LogP contribution in [0, 0.1) is 35.0 Å². The zero-order chi connectivity index (χ0) is 77.0. The molecular formula is C77H127ClN12O14. The first-order valence-corrected chi connectivity index (χ1v) is 39.2. The molecule has 13 atom stereocenters. The predicted molar refractivity (Wildman–Crippen MR) is 396 cm³/mol. The van der Waals surface area contributed by atoms with Gasteiger partial charge in [-0.3, -0.25) is 57.5 Å². The number of nitrogens with one attached hydrogen (secondary N) is 2. The third-order valence-corrected chi connectivity index (χ3v) is 24.9. The number of alkyl halides is 1. The summed E-state index contributed by atoms with van der Waals surface area (Å²) in [6.07, 6.45) is 13.4. The summed E-state index contributed by atoms with van der Waals surface area (Å²) in [5, 5.41) is 5.76. The van der Waals surface area contributed by atoms with E-state index in [4.69, 9.17) is 21.1 Å². The number of ether oxygens (including phenoxy) is 2. The van der Waals surface area contributed by atoms with E-state index in [1.165, 1.54) is 93.4 Å². The van der Waals surface area contributed by atoms with Crippen LogP contribution in [0.3, 0.4) is 0 Å². The first-order valence-electron chi connectivity index (χ1n) is 38.7. The Morgan fingerprint density at radius 3 is 1.92 bits per heavy atom. The molecule has 1 spiro atoms. The molecule has 6 fully saturated rings. The summed E-state index contributed by atoms with van der Waals surface area (Å²) in [6, 6.07) is -9.48. The van der Waals surface area contributed by atoms with Gasteiger partial charge in [-0.2, -0.15) is 0 Å². The van der Waals surface area contributed by atoms with Gasteiger partial charge >= 0.3 is 0 Å². The van der Waals surface area contributed by atoms with Crippen molar-refractivity contribution in [3.63, 3.8) is 0 Å². The van der Waals surface area contributed by atoms with Crippen LogP contribution < -0.4 is 10.6 Å². The highest BCUT2D eigenvalue weighted by Crippen LogP contribution is 2.53. The van der Waals surface area contributed by atoms with E-state index in [9.17, 15) is 28.8 Å². The number of hydrogen-bond donors (Lipinski definition) is 2. The summed E-state index contributed by atoms with van der Waals surface area (Å²) in [5.41, 5.74) is -1.99. The Bertz CT molecular complexity index is 3080. The molecule has 0 aromatic carbocycles. The molecule has 7 rings (SSSR count). The van der Waals surface area contributed by atoms with E-state index in [0.717, 1.165) is 44.9 Å². The van der Waals surface area contributed by atoms with E-state index in [1.54, 1.807) is 33.0 Å². The molecule has 4 aliphatic carbocycles. The molecule has 26 nitrogen and oxygen atoms in total. The fourth-order valence-electron chi connectivity index (χ4n) is 17.7. The van der Waals surface area contributed by atoms with E-state index in [0.29, 0.717) is 63.7 Å². The largest absolute Gasteiger partial charge is 0.380 e. The number of amides is 12. The quantitative estimate of drug-likeness (QED) is 0.156. The average molecular weight is 1480 g/mol. The molecule has 3 aliphatic heterocycles. The summed E-state index contributed by atoms with van der Waals surface area (Å²) in [5.74, 6) is -7.16. The van der Waals surface area contributed by atoms with Gasteiger partial charge in [0.05, 0.1) is 37.1 Å². The number of hydrogen-bond acceptors (Lipinski definition) is 14. The van der Waals surface area contributed by atoms with E-state index < -0.39 is 162 Å². The molecule has 0 aromatic heterocycles. The third kappa shape index (κ3) is 20.0. The Hall–Kier alpha value is -6.41. The number of halogens is 1. The zero-order valence-corrected chi connectivity index (χ0v) is 66.5. The van der Waals surface area contributed by atoms with E-state index >= 15 is 28.8 Å². The highest BCUT2D eigenvalue weighted by atomic mass is 35.5. The normalized spacial score (nSPS) is 32.2. The van der Waals surface area contributed by atoms with Crippen molar-refractivity contribution in [1.82, 2.24) is 59.6 Å². The highest BCUT2D eigenvalue weighted by molar-refractivity contribution is 6.21. The molecule has 3 heterocycles. The molecule has 586 valence electrons. The third-order valence-electron chi connectivity index (χ3n) is 24.4. The molecule has 2 N–H and O–H groups in total. The lowest BCUT2D eigenvalue weighted by Crippen LogP contribution is -2.71. The van der Waals surface area contributed by atoms with Crippen LogP contribution in [0.5, 0.6) is 0 Å². The van der Waals surface area contributed by atoms with Crippen molar-refractivity contribution in [3.05, 3.63) is 12.2 Å². The van der Waals surface area contributed by atoms with Crippen LogP contribution in [0.4, 0.5) is 0 Å². The molecule has 2 saturated heterocycles. The van der Waals surface area contributed by atoms with Gasteiger partial charge in [0.2, 0.25) is 70.9 Å². The Morgan fingerprint density at radius 2 is 1.32 bits per heavy atom. The maximum Gasteiger partial charge on any atom is 0.249 e. The minimum atomic E-state index is -1.53. The zero-order valence-electron chi connectivity index (χ0n) is 65.8. The fraction of sp³-hybridized carbons (Fsp3) is 0.818. The summed E-state index contributed by atoms with van der Waals surface area (Å²) < 4.78 is 12.0.